The van der Waals surface area contributed by atoms with Gasteiger partial charge in [0.15, 0.2) is 29.1 Å². The van der Waals surface area contributed by atoms with Crippen LogP contribution < -0.4 is 0 Å². The van der Waals surface area contributed by atoms with Crippen LogP contribution in [0.25, 0.3) is 28.3 Å². The van der Waals surface area contributed by atoms with E-state index >= 15 is 0 Å². The van der Waals surface area contributed by atoms with Gasteiger partial charge < -0.3 is 0 Å². The molecule has 4 rings (SSSR count). The predicted octanol–water partition coefficient (Wildman–Crippen LogP) is 7.69. The Balaban J connectivity index is 1.44. The first-order valence-corrected chi connectivity index (χ1v) is 10.3. The topological polar surface area (TPSA) is 25.8 Å². The molecular weight excluding hydrogens is 473 g/mol. The van der Waals surface area contributed by atoms with Gasteiger partial charge in [0.2, 0.25) is 0 Å². The molecule has 0 radical (unpaired) electrons. The van der Waals surface area contributed by atoms with Crippen molar-refractivity contribution >= 4 is 5.83 Å². The number of nitrogens with zero attached hydrogens (tertiary/aromatic N) is 2. The molecule has 0 unspecified atom stereocenters. The van der Waals surface area contributed by atoms with E-state index in [0.29, 0.717) is 35.1 Å². The highest BCUT2D eigenvalue weighted by atomic mass is 19.3. The number of aryl methyl sites for hydroxylation is 2. The van der Waals surface area contributed by atoms with Crippen molar-refractivity contribution in [3.05, 3.63) is 113 Å². The number of rotatable bonds is 6. The lowest BCUT2D eigenvalue weighted by Gasteiger charge is -2.08. The van der Waals surface area contributed by atoms with Crippen LogP contribution in [0.3, 0.4) is 0 Å². The minimum absolute atomic E-state index is 0.0118. The summed E-state index contributed by atoms with van der Waals surface area (Å²) < 4.78 is 92.7. The molecule has 0 fully saturated rings. The van der Waals surface area contributed by atoms with Gasteiger partial charge in [-0.2, -0.15) is 8.78 Å². The summed E-state index contributed by atoms with van der Waals surface area (Å²) in [6.07, 6.45) is 1.13. The Morgan fingerprint density at radius 1 is 0.629 bits per heavy atom. The molecule has 9 heteroatoms. The summed E-state index contributed by atoms with van der Waals surface area (Å²) in [7, 11) is 0. The lowest BCUT2D eigenvalue weighted by molar-refractivity contribution is 0.410. The van der Waals surface area contributed by atoms with E-state index in [9.17, 15) is 30.7 Å². The van der Waals surface area contributed by atoms with Crippen LogP contribution in [0.2, 0.25) is 0 Å². The summed E-state index contributed by atoms with van der Waals surface area (Å²) in [5.74, 6) is -6.35. The zero-order chi connectivity index (χ0) is 25.1. The van der Waals surface area contributed by atoms with Crippen molar-refractivity contribution in [1.29, 1.82) is 0 Å². The zero-order valence-corrected chi connectivity index (χ0v) is 17.8. The van der Waals surface area contributed by atoms with Crippen molar-refractivity contribution in [2.45, 2.75) is 12.8 Å². The molecule has 1 heterocycles. The van der Waals surface area contributed by atoms with Gasteiger partial charge in [0.05, 0.1) is 0 Å². The van der Waals surface area contributed by atoms with Crippen molar-refractivity contribution < 1.29 is 30.7 Å². The largest absolute Gasteiger partial charge is 0.306 e. The summed E-state index contributed by atoms with van der Waals surface area (Å²) >= 11 is 0. The Morgan fingerprint density at radius 3 is 1.77 bits per heavy atom. The third-order valence-electron chi connectivity index (χ3n) is 5.32. The van der Waals surface area contributed by atoms with E-state index in [1.54, 1.807) is 12.1 Å². The van der Waals surface area contributed by atoms with Crippen molar-refractivity contribution in [2.24, 2.45) is 0 Å². The summed E-state index contributed by atoms with van der Waals surface area (Å²) in [6.45, 7) is 0. The Hall–Kier alpha value is -4.01. The maximum atomic E-state index is 14.6. The lowest BCUT2D eigenvalue weighted by atomic mass is 9.99. The molecule has 0 bridgehead atoms. The van der Waals surface area contributed by atoms with E-state index in [1.807, 2.05) is 0 Å². The van der Waals surface area contributed by atoms with Crippen molar-refractivity contribution in [3.63, 3.8) is 0 Å². The second-order valence-corrected chi connectivity index (χ2v) is 7.63. The second kappa shape index (κ2) is 10.1. The van der Waals surface area contributed by atoms with Crippen molar-refractivity contribution in [2.75, 3.05) is 0 Å². The van der Waals surface area contributed by atoms with Gasteiger partial charge in [-0.05, 0) is 53.3 Å². The lowest BCUT2D eigenvalue weighted by Crippen LogP contribution is -1.99. The molecule has 3 aromatic carbocycles. The van der Waals surface area contributed by atoms with E-state index < -0.39 is 35.2 Å². The molecule has 178 valence electrons. The Kier molecular flexibility index (Phi) is 6.95. The maximum absolute atomic E-state index is 14.6. The molecule has 0 amide bonds. The van der Waals surface area contributed by atoms with Crippen LogP contribution in [-0.2, 0) is 12.8 Å². The smallest absolute Gasteiger partial charge is 0.236 e. The highest BCUT2D eigenvalue weighted by molar-refractivity contribution is 5.68. The Morgan fingerprint density at radius 2 is 1.20 bits per heavy atom. The van der Waals surface area contributed by atoms with E-state index in [-0.39, 0.29) is 17.0 Å². The van der Waals surface area contributed by atoms with Crippen LogP contribution in [0.15, 0.2) is 73.1 Å². The van der Waals surface area contributed by atoms with Gasteiger partial charge >= 0.3 is 6.08 Å². The molecule has 4 aromatic rings. The first-order valence-electron chi connectivity index (χ1n) is 10.3. The van der Waals surface area contributed by atoms with Gasteiger partial charge in [-0.3, -0.25) is 0 Å². The van der Waals surface area contributed by atoms with Gasteiger partial charge in [-0.15, -0.1) is 0 Å². The fraction of sp³-hybridized carbons (Fsp3) is 0.0769. The fourth-order valence-electron chi connectivity index (χ4n) is 3.44. The summed E-state index contributed by atoms with van der Waals surface area (Å²) in [4.78, 5) is 8.08. The number of hydrogen-bond acceptors (Lipinski definition) is 2. The summed E-state index contributed by atoms with van der Waals surface area (Å²) in [5, 5.41) is 0. The molecule has 2 nitrogen and oxygen atoms in total. The van der Waals surface area contributed by atoms with E-state index in [4.69, 9.17) is 0 Å². The van der Waals surface area contributed by atoms with Crippen molar-refractivity contribution in [3.8, 4) is 22.5 Å². The van der Waals surface area contributed by atoms with Crippen LogP contribution >= 0.6 is 0 Å². The molecule has 0 saturated heterocycles. The normalized spacial score (nSPS) is 10.9. The quantitative estimate of drug-likeness (QED) is 0.205. The minimum atomic E-state index is -2.41. The molecule has 0 spiro atoms. The maximum Gasteiger partial charge on any atom is 0.306 e. The molecule has 0 N–H and O–H groups in total. The van der Waals surface area contributed by atoms with Gasteiger partial charge in [-0.1, -0.05) is 36.4 Å². The molecule has 1 aromatic heterocycles. The molecule has 0 aliphatic rings. The van der Waals surface area contributed by atoms with Crippen LogP contribution in [0.1, 0.15) is 16.7 Å². The molecule has 0 atom stereocenters. The average Bonchev–Trinajstić information content (AvgIpc) is 2.86. The Labute approximate surface area is 195 Å². The molecule has 0 aliphatic heterocycles. The highest BCUT2D eigenvalue weighted by Crippen LogP contribution is 2.27. The fourth-order valence-corrected chi connectivity index (χ4v) is 3.44. The number of halogens is 7. The van der Waals surface area contributed by atoms with Gasteiger partial charge in [0.1, 0.15) is 5.82 Å². The first kappa shape index (κ1) is 24.1. The van der Waals surface area contributed by atoms with Gasteiger partial charge in [0.25, 0.3) is 0 Å². The molecule has 35 heavy (non-hydrogen) atoms. The van der Waals surface area contributed by atoms with Crippen LogP contribution in [-0.4, -0.2) is 9.97 Å². The third-order valence-corrected chi connectivity index (χ3v) is 5.32. The average molecular weight is 488 g/mol. The number of aromatic nitrogens is 2. The van der Waals surface area contributed by atoms with Gasteiger partial charge in [-0.25, -0.2) is 31.9 Å². The van der Waals surface area contributed by atoms with Crippen LogP contribution in [0.5, 0.6) is 0 Å². The van der Waals surface area contributed by atoms with Crippen molar-refractivity contribution in [1.82, 2.24) is 9.97 Å². The van der Waals surface area contributed by atoms with Gasteiger partial charge in [0, 0.05) is 23.5 Å². The molecular formula is C26H15F7N2. The third kappa shape index (κ3) is 5.40. The summed E-state index contributed by atoms with van der Waals surface area (Å²) in [5.41, 5.74) is 1.79. The molecule has 0 saturated carbocycles. The van der Waals surface area contributed by atoms with E-state index in [2.05, 4.69) is 9.97 Å². The van der Waals surface area contributed by atoms with E-state index in [0.717, 1.165) is 12.1 Å². The SMILES string of the molecule is FC(F)=C(F)c1ccc(-c2ccc(CCc3cnc(-c4cc(F)c(F)c(F)c4)nc3)c(F)c2)cc1. The number of benzene rings is 3. The summed E-state index contributed by atoms with van der Waals surface area (Å²) in [6, 6.07) is 11.3. The molecule has 0 aliphatic carbocycles. The first-order chi connectivity index (χ1) is 16.7. The van der Waals surface area contributed by atoms with Crippen LogP contribution in [0.4, 0.5) is 30.7 Å². The van der Waals surface area contributed by atoms with Crippen LogP contribution in [0, 0.1) is 23.3 Å². The Bertz CT molecular complexity index is 1370. The minimum Gasteiger partial charge on any atom is -0.236 e. The number of hydrogen-bond donors (Lipinski definition) is 0. The zero-order valence-electron chi connectivity index (χ0n) is 17.8. The monoisotopic (exact) mass is 488 g/mol. The van der Waals surface area contributed by atoms with E-state index in [1.165, 1.54) is 42.7 Å². The highest BCUT2D eigenvalue weighted by Gasteiger charge is 2.14. The predicted molar refractivity (Wildman–Crippen MR) is 117 cm³/mol. The standard InChI is InChI=1S/C26H15F7N2/c27-20-9-18(15-3-6-17(7-4-15)23(30)25(32)33)8-5-16(20)2-1-14-12-34-26(35-13-14)19-10-21(28)24(31)22(29)11-19/h3-13H,1-2H2. The second-order valence-electron chi connectivity index (χ2n) is 7.63.